The van der Waals surface area contributed by atoms with Gasteiger partial charge in [-0.15, -0.1) is 13.2 Å². The zero-order valence-corrected chi connectivity index (χ0v) is 9.34. The fraction of sp³-hybridized carbons (Fsp3) is 0.667. The van der Waals surface area contributed by atoms with Gasteiger partial charge in [0.25, 0.3) is 0 Å². The topological polar surface area (TPSA) is 36.9 Å². The number of ether oxygens (including phenoxy) is 4. The van der Waals surface area contributed by atoms with Gasteiger partial charge in [0.2, 0.25) is 0 Å². The molecule has 2 bridgehead atoms. The van der Waals surface area contributed by atoms with E-state index in [-0.39, 0.29) is 24.6 Å². The average molecular weight is 226 g/mol. The standard InChI is InChI=1S/C12H18O4/c1-3-5-13-9-7-10(14-6-4-2)12-15-8-11(9)16-12/h3-4,9-12H,1-2,5-8H2. The van der Waals surface area contributed by atoms with Crippen LogP contribution in [0.2, 0.25) is 0 Å². The van der Waals surface area contributed by atoms with Crippen molar-refractivity contribution in [2.45, 2.75) is 31.0 Å². The van der Waals surface area contributed by atoms with Crippen LogP contribution in [0, 0.1) is 0 Å². The Kier molecular flexibility index (Phi) is 4.12. The normalized spacial score (nSPS) is 37.2. The van der Waals surface area contributed by atoms with E-state index in [1.54, 1.807) is 12.2 Å². The molecule has 2 aliphatic heterocycles. The number of fused-ring (bicyclic) bond motifs is 2. The van der Waals surface area contributed by atoms with Crippen LogP contribution < -0.4 is 0 Å². The van der Waals surface area contributed by atoms with Gasteiger partial charge in [-0.25, -0.2) is 0 Å². The minimum absolute atomic E-state index is 0.0339. The highest BCUT2D eigenvalue weighted by molar-refractivity contribution is 4.88. The van der Waals surface area contributed by atoms with Crippen LogP contribution in [0.15, 0.2) is 25.3 Å². The molecule has 4 unspecified atom stereocenters. The summed E-state index contributed by atoms with van der Waals surface area (Å²) in [5.74, 6) is 0. The molecule has 4 atom stereocenters. The van der Waals surface area contributed by atoms with Gasteiger partial charge in [-0.3, -0.25) is 0 Å². The highest BCUT2D eigenvalue weighted by atomic mass is 16.8. The molecule has 2 rings (SSSR count). The molecule has 0 N–H and O–H groups in total. The summed E-state index contributed by atoms with van der Waals surface area (Å²) in [7, 11) is 0. The third-order valence-corrected chi connectivity index (χ3v) is 2.77. The Morgan fingerprint density at radius 2 is 1.81 bits per heavy atom. The van der Waals surface area contributed by atoms with Gasteiger partial charge >= 0.3 is 0 Å². The van der Waals surface area contributed by atoms with Crippen LogP contribution in [0.5, 0.6) is 0 Å². The van der Waals surface area contributed by atoms with E-state index in [9.17, 15) is 0 Å². The van der Waals surface area contributed by atoms with Gasteiger partial charge < -0.3 is 18.9 Å². The van der Waals surface area contributed by atoms with E-state index in [2.05, 4.69) is 13.2 Å². The maximum Gasteiger partial charge on any atom is 0.184 e. The quantitative estimate of drug-likeness (QED) is 0.639. The summed E-state index contributed by atoms with van der Waals surface area (Å²) in [6, 6.07) is 0. The van der Waals surface area contributed by atoms with Crippen LogP contribution in [-0.4, -0.2) is 44.4 Å². The molecule has 0 aliphatic carbocycles. The molecule has 16 heavy (non-hydrogen) atoms. The van der Waals surface area contributed by atoms with Crippen molar-refractivity contribution in [1.82, 2.24) is 0 Å². The van der Waals surface area contributed by atoms with Gasteiger partial charge in [-0.2, -0.15) is 0 Å². The Balaban J connectivity index is 1.89. The molecule has 4 heteroatoms. The molecule has 0 saturated carbocycles. The van der Waals surface area contributed by atoms with Crippen LogP contribution in [0.4, 0.5) is 0 Å². The second-order valence-electron chi connectivity index (χ2n) is 3.93. The molecule has 2 saturated heterocycles. The molecule has 2 heterocycles. The summed E-state index contributed by atoms with van der Waals surface area (Å²) < 4.78 is 22.4. The van der Waals surface area contributed by atoms with Gasteiger partial charge in [0.05, 0.1) is 25.9 Å². The Hall–Kier alpha value is -0.680. The summed E-state index contributed by atoms with van der Waals surface area (Å²) in [6.45, 7) is 8.88. The fourth-order valence-electron chi connectivity index (χ4n) is 2.03. The fourth-order valence-corrected chi connectivity index (χ4v) is 2.03. The van der Waals surface area contributed by atoms with Crippen molar-refractivity contribution in [3.05, 3.63) is 25.3 Å². The van der Waals surface area contributed by atoms with E-state index >= 15 is 0 Å². The van der Waals surface area contributed by atoms with E-state index in [0.717, 1.165) is 6.42 Å². The lowest BCUT2D eigenvalue weighted by Gasteiger charge is -2.33. The van der Waals surface area contributed by atoms with Gasteiger partial charge in [0.1, 0.15) is 12.2 Å². The number of hydrogen-bond acceptors (Lipinski definition) is 4. The third kappa shape index (κ3) is 2.52. The SMILES string of the molecule is C=CCOC1CC(OCC=C)C2OCC1O2. The van der Waals surface area contributed by atoms with E-state index in [1.165, 1.54) is 0 Å². The monoisotopic (exact) mass is 226 g/mol. The lowest BCUT2D eigenvalue weighted by Crippen LogP contribution is -2.44. The van der Waals surface area contributed by atoms with Gasteiger partial charge in [-0.1, -0.05) is 12.2 Å². The van der Waals surface area contributed by atoms with Gasteiger partial charge in [0.15, 0.2) is 6.29 Å². The van der Waals surface area contributed by atoms with E-state index in [4.69, 9.17) is 18.9 Å². The lowest BCUT2D eigenvalue weighted by molar-refractivity contribution is -0.201. The molecular formula is C12H18O4. The maximum absolute atomic E-state index is 5.68. The summed E-state index contributed by atoms with van der Waals surface area (Å²) >= 11 is 0. The molecule has 0 radical (unpaired) electrons. The van der Waals surface area contributed by atoms with Crippen molar-refractivity contribution in [1.29, 1.82) is 0 Å². The first-order chi connectivity index (χ1) is 7.85. The molecule has 2 aliphatic rings. The molecule has 4 nitrogen and oxygen atoms in total. The molecule has 2 fully saturated rings. The van der Waals surface area contributed by atoms with Crippen LogP contribution in [-0.2, 0) is 18.9 Å². The average Bonchev–Trinajstić information content (AvgIpc) is 2.72. The van der Waals surface area contributed by atoms with Crippen molar-refractivity contribution < 1.29 is 18.9 Å². The van der Waals surface area contributed by atoms with E-state index in [0.29, 0.717) is 19.8 Å². The molecule has 90 valence electrons. The summed E-state index contributed by atoms with van der Waals surface area (Å²) in [6.07, 6.45) is 4.03. The van der Waals surface area contributed by atoms with Crippen molar-refractivity contribution in [3.63, 3.8) is 0 Å². The lowest BCUT2D eigenvalue weighted by atomic mass is 10.0. The first-order valence-electron chi connectivity index (χ1n) is 5.57. The predicted molar refractivity (Wildman–Crippen MR) is 59.1 cm³/mol. The first kappa shape index (κ1) is 11.8. The third-order valence-electron chi connectivity index (χ3n) is 2.77. The number of hydrogen-bond donors (Lipinski definition) is 0. The van der Waals surface area contributed by atoms with Crippen LogP contribution in [0.1, 0.15) is 6.42 Å². The van der Waals surface area contributed by atoms with Crippen molar-refractivity contribution in [2.24, 2.45) is 0 Å². The zero-order chi connectivity index (χ0) is 11.4. The minimum Gasteiger partial charge on any atom is -0.371 e. The van der Waals surface area contributed by atoms with Gasteiger partial charge in [0, 0.05) is 6.42 Å². The Morgan fingerprint density at radius 3 is 2.50 bits per heavy atom. The minimum atomic E-state index is -0.242. The zero-order valence-electron chi connectivity index (χ0n) is 9.34. The Labute approximate surface area is 95.8 Å². The largest absolute Gasteiger partial charge is 0.371 e. The summed E-state index contributed by atoms with van der Waals surface area (Å²) in [5, 5.41) is 0. The molecule has 0 amide bonds. The Morgan fingerprint density at radius 1 is 1.12 bits per heavy atom. The van der Waals surface area contributed by atoms with Crippen molar-refractivity contribution in [3.8, 4) is 0 Å². The van der Waals surface area contributed by atoms with Crippen LogP contribution in [0.25, 0.3) is 0 Å². The maximum atomic E-state index is 5.68. The van der Waals surface area contributed by atoms with Crippen molar-refractivity contribution >= 4 is 0 Å². The molecule has 0 spiro atoms. The van der Waals surface area contributed by atoms with Crippen molar-refractivity contribution in [2.75, 3.05) is 19.8 Å². The highest BCUT2D eigenvalue weighted by Crippen LogP contribution is 2.31. The second kappa shape index (κ2) is 5.59. The first-order valence-corrected chi connectivity index (χ1v) is 5.57. The van der Waals surface area contributed by atoms with Crippen LogP contribution in [0.3, 0.4) is 0 Å². The van der Waals surface area contributed by atoms with E-state index < -0.39 is 0 Å². The second-order valence-corrected chi connectivity index (χ2v) is 3.93. The summed E-state index contributed by atoms with van der Waals surface area (Å²) in [4.78, 5) is 0. The smallest absolute Gasteiger partial charge is 0.184 e. The summed E-state index contributed by atoms with van der Waals surface area (Å²) in [5.41, 5.74) is 0. The Bertz CT molecular complexity index is 229. The highest BCUT2D eigenvalue weighted by Gasteiger charge is 2.44. The molecule has 0 aromatic rings. The molecule has 0 aromatic heterocycles. The molecular weight excluding hydrogens is 208 g/mol. The molecule has 0 aromatic carbocycles. The number of rotatable bonds is 6. The van der Waals surface area contributed by atoms with Crippen LogP contribution >= 0.6 is 0 Å². The van der Waals surface area contributed by atoms with E-state index in [1.807, 2.05) is 0 Å². The van der Waals surface area contributed by atoms with Gasteiger partial charge in [-0.05, 0) is 0 Å². The predicted octanol–water partition coefficient (Wildman–Crippen LogP) is 1.27.